The predicted molar refractivity (Wildman–Crippen MR) is 134 cm³/mol. The molecule has 4 fully saturated rings. The molecule has 0 amide bonds. The van der Waals surface area contributed by atoms with Crippen LogP contribution in [0.4, 0.5) is 0 Å². The lowest BCUT2D eigenvalue weighted by Crippen LogP contribution is -2.63. The predicted octanol–water partition coefficient (Wildman–Crippen LogP) is 4.58. The number of ether oxygens (including phenoxy) is 1. The number of rotatable bonds is 8. The average molecular weight is 488 g/mol. The van der Waals surface area contributed by atoms with Gasteiger partial charge < -0.3 is 18.7 Å². The summed E-state index contributed by atoms with van der Waals surface area (Å²) in [6.07, 6.45) is 7.79. The molecule has 4 heterocycles. The highest BCUT2D eigenvalue weighted by atomic mass is 16.5. The molecule has 1 aromatic heterocycles. The Labute approximate surface area is 213 Å². The number of aromatic nitrogens is 2. The van der Waals surface area contributed by atoms with Crippen molar-refractivity contribution in [2.45, 2.75) is 69.8 Å². The van der Waals surface area contributed by atoms with Crippen LogP contribution in [-0.4, -0.2) is 40.4 Å². The van der Waals surface area contributed by atoms with Crippen LogP contribution in [-0.2, 0) is 23.5 Å². The fourth-order valence-electron chi connectivity index (χ4n) is 6.89. The molecule has 1 aliphatic carbocycles. The smallest absolute Gasteiger partial charge is 0.271 e. The van der Waals surface area contributed by atoms with Crippen molar-refractivity contribution in [1.82, 2.24) is 10.2 Å². The highest BCUT2D eigenvalue weighted by molar-refractivity contribution is 5.29. The van der Waals surface area contributed by atoms with Gasteiger partial charge in [0.05, 0.1) is 19.7 Å². The third-order valence-corrected chi connectivity index (χ3v) is 8.99. The number of nitrogens with zero attached hydrogens (tertiary/aromatic N) is 3. The summed E-state index contributed by atoms with van der Waals surface area (Å²) in [7, 11) is 0. The maximum absolute atomic E-state index is 14.6. The van der Waals surface area contributed by atoms with Gasteiger partial charge in [0.1, 0.15) is 12.6 Å². The molecule has 4 aliphatic rings. The minimum Gasteiger partial charge on any atom is -0.839 e. The van der Waals surface area contributed by atoms with E-state index in [2.05, 4.69) is 34.5 Å². The topological polar surface area (TPSA) is 71.2 Å². The Morgan fingerprint density at radius 2 is 1.58 bits per heavy atom. The Balaban J connectivity index is 1.20. The molecule has 6 heteroatoms. The van der Waals surface area contributed by atoms with Gasteiger partial charge in [-0.05, 0) is 22.6 Å². The molecule has 2 aromatic carbocycles. The standard InChI is InChI=1S/C30H37N3O3/c34-30(25-12-6-2-7-13-25,26-14-8-3-9-15-26)29-32-31-28(36-29)21-33-18-16-24(17-19-33)27(20-33)35-22-23-10-4-1-5-11-23/h1-2,4-7,10-13,24,26-27H,3,8-9,14-22H2/t24?,27-,30-,33?/m0/s1. The van der Waals surface area contributed by atoms with Crippen LogP contribution in [0.25, 0.3) is 0 Å². The maximum Gasteiger partial charge on any atom is 0.271 e. The number of quaternary nitrogens is 1. The Hall–Kier alpha value is -2.54. The number of hydrogen-bond acceptors (Lipinski definition) is 5. The van der Waals surface area contributed by atoms with Crippen LogP contribution in [0.15, 0.2) is 65.1 Å². The summed E-state index contributed by atoms with van der Waals surface area (Å²) in [5, 5.41) is 23.4. The Morgan fingerprint density at radius 3 is 2.31 bits per heavy atom. The summed E-state index contributed by atoms with van der Waals surface area (Å²) in [4.78, 5) is 0. The summed E-state index contributed by atoms with van der Waals surface area (Å²) >= 11 is 0. The zero-order chi connectivity index (χ0) is 24.4. The van der Waals surface area contributed by atoms with E-state index >= 15 is 0 Å². The molecule has 0 spiro atoms. The number of hydrogen-bond donors (Lipinski definition) is 0. The van der Waals surface area contributed by atoms with E-state index in [0.717, 1.165) is 68.2 Å². The van der Waals surface area contributed by atoms with Gasteiger partial charge in [0, 0.05) is 18.8 Å². The lowest BCUT2D eigenvalue weighted by Gasteiger charge is -2.51. The van der Waals surface area contributed by atoms with E-state index in [4.69, 9.17) is 9.15 Å². The van der Waals surface area contributed by atoms with E-state index < -0.39 is 5.60 Å². The highest BCUT2D eigenvalue weighted by Gasteiger charge is 2.47. The van der Waals surface area contributed by atoms with Crippen LogP contribution in [0.3, 0.4) is 0 Å². The van der Waals surface area contributed by atoms with Crippen molar-refractivity contribution in [3.8, 4) is 0 Å². The van der Waals surface area contributed by atoms with Crippen molar-refractivity contribution < 1.29 is 18.7 Å². The Morgan fingerprint density at radius 1 is 0.889 bits per heavy atom. The lowest BCUT2D eigenvalue weighted by atomic mass is 9.73. The Kier molecular flexibility index (Phi) is 6.67. The normalized spacial score (nSPS) is 28.1. The van der Waals surface area contributed by atoms with E-state index in [9.17, 15) is 5.11 Å². The Bertz CT molecular complexity index is 1120. The first-order valence-corrected chi connectivity index (χ1v) is 13.7. The second kappa shape index (κ2) is 10.1. The van der Waals surface area contributed by atoms with Gasteiger partial charge in [-0.1, -0.05) is 92.8 Å². The molecule has 2 atom stereocenters. The molecule has 36 heavy (non-hydrogen) atoms. The zero-order valence-electron chi connectivity index (χ0n) is 21.1. The van der Waals surface area contributed by atoms with Crippen molar-refractivity contribution in [3.05, 3.63) is 83.6 Å². The van der Waals surface area contributed by atoms with Gasteiger partial charge in [-0.2, -0.15) is 0 Å². The van der Waals surface area contributed by atoms with Crippen LogP contribution < -0.4 is 5.11 Å². The first kappa shape index (κ1) is 23.8. The second-order valence-corrected chi connectivity index (χ2v) is 11.2. The molecule has 190 valence electrons. The third-order valence-electron chi connectivity index (χ3n) is 8.99. The van der Waals surface area contributed by atoms with Crippen molar-refractivity contribution in [2.24, 2.45) is 11.8 Å². The fourth-order valence-corrected chi connectivity index (χ4v) is 6.89. The fraction of sp³-hybridized carbons (Fsp3) is 0.533. The molecule has 7 rings (SSSR count). The summed E-state index contributed by atoms with van der Waals surface area (Å²) in [5.74, 6) is 1.46. The van der Waals surface area contributed by atoms with Gasteiger partial charge in [0.25, 0.3) is 5.89 Å². The van der Waals surface area contributed by atoms with Crippen LogP contribution in [0.5, 0.6) is 0 Å². The van der Waals surface area contributed by atoms with Crippen LogP contribution in [0.2, 0.25) is 0 Å². The van der Waals surface area contributed by atoms with Gasteiger partial charge in [-0.3, -0.25) is 0 Å². The lowest BCUT2D eigenvalue weighted by molar-refractivity contribution is -0.959. The SMILES string of the molecule is [O-][C@](c1ccccc1)(c1nnc(C[N+]23CCC(CC2)[C@@H](OCc2ccccc2)C3)o1)C1CCCCC1. The van der Waals surface area contributed by atoms with E-state index in [-0.39, 0.29) is 17.9 Å². The summed E-state index contributed by atoms with van der Waals surface area (Å²) in [6, 6.07) is 20.1. The zero-order valence-corrected chi connectivity index (χ0v) is 21.1. The molecule has 0 N–H and O–H groups in total. The molecular weight excluding hydrogens is 450 g/mol. The van der Waals surface area contributed by atoms with Gasteiger partial charge in [-0.25, -0.2) is 0 Å². The highest BCUT2D eigenvalue weighted by Crippen LogP contribution is 2.42. The van der Waals surface area contributed by atoms with Gasteiger partial charge >= 0.3 is 0 Å². The summed E-state index contributed by atoms with van der Waals surface area (Å²) in [6.45, 7) is 4.53. The van der Waals surface area contributed by atoms with Crippen LogP contribution in [0, 0.1) is 11.8 Å². The van der Waals surface area contributed by atoms with E-state index in [1.807, 2.05) is 36.4 Å². The molecule has 6 nitrogen and oxygen atoms in total. The molecule has 2 bridgehead atoms. The minimum atomic E-state index is -1.48. The third kappa shape index (κ3) is 4.62. The molecule has 0 unspecified atom stereocenters. The summed E-state index contributed by atoms with van der Waals surface area (Å²) in [5.41, 5.74) is 0.480. The van der Waals surface area contributed by atoms with Gasteiger partial charge in [0.15, 0.2) is 6.54 Å². The van der Waals surface area contributed by atoms with Gasteiger partial charge in [-0.15, -0.1) is 10.2 Å². The van der Waals surface area contributed by atoms with E-state index in [1.165, 1.54) is 12.0 Å². The summed E-state index contributed by atoms with van der Waals surface area (Å²) < 4.78 is 13.6. The molecule has 3 aliphatic heterocycles. The second-order valence-electron chi connectivity index (χ2n) is 11.2. The van der Waals surface area contributed by atoms with E-state index in [0.29, 0.717) is 25.0 Å². The first-order valence-electron chi connectivity index (χ1n) is 13.7. The molecular formula is C30H37N3O3. The molecule has 1 saturated carbocycles. The van der Waals surface area contributed by atoms with E-state index in [1.54, 1.807) is 0 Å². The van der Waals surface area contributed by atoms with Crippen LogP contribution >= 0.6 is 0 Å². The molecule has 0 radical (unpaired) electrons. The largest absolute Gasteiger partial charge is 0.839 e. The molecule has 3 aromatic rings. The van der Waals surface area contributed by atoms with Crippen molar-refractivity contribution >= 4 is 0 Å². The molecule has 3 saturated heterocycles. The number of fused-ring (bicyclic) bond motifs is 3. The monoisotopic (exact) mass is 487 g/mol. The first-order chi connectivity index (χ1) is 17.6. The average Bonchev–Trinajstić information content (AvgIpc) is 3.42. The maximum atomic E-state index is 14.6. The number of piperidine rings is 3. The van der Waals surface area contributed by atoms with Crippen molar-refractivity contribution in [3.63, 3.8) is 0 Å². The van der Waals surface area contributed by atoms with Crippen molar-refractivity contribution in [2.75, 3.05) is 19.6 Å². The van der Waals surface area contributed by atoms with Gasteiger partial charge in [0.2, 0.25) is 5.89 Å². The van der Waals surface area contributed by atoms with Crippen LogP contribution in [0.1, 0.15) is 67.9 Å². The minimum absolute atomic E-state index is 0.0181. The quantitative estimate of drug-likeness (QED) is 0.435. The number of benzene rings is 2. The van der Waals surface area contributed by atoms with Crippen molar-refractivity contribution in [1.29, 1.82) is 0 Å².